The quantitative estimate of drug-likeness (QED) is 0.798. The van der Waals surface area contributed by atoms with Crippen molar-refractivity contribution in [1.82, 2.24) is 4.98 Å². The summed E-state index contributed by atoms with van der Waals surface area (Å²) in [5.41, 5.74) is 1.94. The molecule has 0 aliphatic heterocycles. The van der Waals surface area contributed by atoms with Crippen LogP contribution in [0, 0.1) is 0 Å². The van der Waals surface area contributed by atoms with Crippen LogP contribution < -0.4 is 10.6 Å². The Balaban J connectivity index is 2.46. The van der Waals surface area contributed by atoms with Gasteiger partial charge >= 0.3 is 0 Å². The van der Waals surface area contributed by atoms with Crippen molar-refractivity contribution in [2.75, 3.05) is 0 Å². The third kappa shape index (κ3) is 1.99. The highest BCUT2D eigenvalue weighted by Gasteiger charge is 2.40. The molecular weight excluding hydrogens is 194 g/mol. The summed E-state index contributed by atoms with van der Waals surface area (Å²) in [5.74, 6) is 0. The first-order valence-corrected chi connectivity index (χ1v) is 6.22. The minimum atomic E-state index is 0.443. The van der Waals surface area contributed by atoms with E-state index in [1.807, 2.05) is 0 Å². The normalized spacial score (nSPS) is 20.9. The molecule has 16 heavy (non-hydrogen) atoms. The van der Waals surface area contributed by atoms with E-state index in [2.05, 4.69) is 56.3 Å². The Kier molecular flexibility index (Phi) is 3.04. The molecule has 1 fully saturated rings. The standard InChI is InChI=1S/C15H21N/c1-4-6-7-8-14-12(5-2)13(11-16-14)15(3)9-10-15/h5-8,11,16H,4,9-10H2,1-3H3/b7-6+,12-5-,14-8+. The Morgan fingerprint density at radius 3 is 2.75 bits per heavy atom. The molecule has 0 amide bonds. The van der Waals surface area contributed by atoms with Crippen LogP contribution >= 0.6 is 0 Å². The second kappa shape index (κ2) is 4.32. The van der Waals surface area contributed by atoms with Crippen LogP contribution in [0.2, 0.25) is 0 Å². The molecule has 1 aromatic rings. The Hall–Kier alpha value is -1.24. The van der Waals surface area contributed by atoms with Gasteiger partial charge in [-0.1, -0.05) is 32.1 Å². The summed E-state index contributed by atoms with van der Waals surface area (Å²) >= 11 is 0. The van der Waals surface area contributed by atoms with Gasteiger partial charge in [0.1, 0.15) is 0 Å². The predicted molar refractivity (Wildman–Crippen MR) is 70.7 cm³/mol. The Morgan fingerprint density at radius 2 is 2.19 bits per heavy atom. The van der Waals surface area contributed by atoms with Crippen molar-refractivity contribution in [3.63, 3.8) is 0 Å². The number of aromatic nitrogens is 1. The maximum absolute atomic E-state index is 3.39. The van der Waals surface area contributed by atoms with Crippen LogP contribution in [0.1, 0.15) is 45.6 Å². The topological polar surface area (TPSA) is 15.8 Å². The predicted octanol–water partition coefficient (Wildman–Crippen LogP) is 2.61. The van der Waals surface area contributed by atoms with E-state index in [9.17, 15) is 0 Å². The van der Waals surface area contributed by atoms with Crippen molar-refractivity contribution in [2.45, 2.75) is 45.4 Å². The van der Waals surface area contributed by atoms with Gasteiger partial charge in [0, 0.05) is 11.5 Å². The lowest BCUT2D eigenvalue weighted by atomic mass is 10.00. The maximum atomic E-state index is 3.39. The van der Waals surface area contributed by atoms with Crippen LogP contribution in [0.4, 0.5) is 0 Å². The fourth-order valence-electron chi connectivity index (χ4n) is 2.16. The fraction of sp³-hybridized carbons (Fsp3) is 0.467. The van der Waals surface area contributed by atoms with E-state index in [4.69, 9.17) is 0 Å². The monoisotopic (exact) mass is 215 g/mol. The van der Waals surface area contributed by atoms with E-state index in [0.717, 1.165) is 6.42 Å². The second-order valence-corrected chi connectivity index (χ2v) is 4.88. The Morgan fingerprint density at radius 1 is 1.44 bits per heavy atom. The molecule has 1 heterocycles. The van der Waals surface area contributed by atoms with Crippen LogP contribution in [-0.4, -0.2) is 4.98 Å². The highest BCUT2D eigenvalue weighted by Crippen LogP contribution is 2.45. The molecule has 0 radical (unpaired) electrons. The average Bonchev–Trinajstić information content (AvgIpc) is 2.89. The van der Waals surface area contributed by atoms with Crippen LogP contribution in [0.15, 0.2) is 18.3 Å². The van der Waals surface area contributed by atoms with Gasteiger partial charge in [0.25, 0.3) is 0 Å². The Labute approximate surface area is 97.6 Å². The maximum Gasteiger partial charge on any atom is 0.0453 e. The number of aromatic amines is 1. The van der Waals surface area contributed by atoms with E-state index in [1.54, 1.807) is 0 Å². The molecule has 1 N–H and O–H groups in total. The number of rotatable bonds is 3. The lowest BCUT2D eigenvalue weighted by Gasteiger charge is -2.03. The molecule has 1 aliphatic carbocycles. The zero-order chi connectivity index (χ0) is 11.6. The van der Waals surface area contributed by atoms with Crippen LogP contribution in [-0.2, 0) is 5.41 Å². The summed E-state index contributed by atoms with van der Waals surface area (Å²) < 4.78 is 0. The number of hydrogen-bond donors (Lipinski definition) is 1. The van der Waals surface area contributed by atoms with Gasteiger partial charge in [-0.2, -0.15) is 0 Å². The zero-order valence-corrected chi connectivity index (χ0v) is 10.5. The summed E-state index contributed by atoms with van der Waals surface area (Å²) in [5, 5.41) is 2.64. The molecular formula is C15H21N. The van der Waals surface area contributed by atoms with E-state index in [0.29, 0.717) is 5.41 Å². The summed E-state index contributed by atoms with van der Waals surface area (Å²) in [7, 11) is 0. The molecule has 0 spiro atoms. The molecule has 2 rings (SSSR count). The second-order valence-electron chi connectivity index (χ2n) is 4.88. The van der Waals surface area contributed by atoms with Gasteiger partial charge in [-0.15, -0.1) is 0 Å². The SMILES string of the molecule is C/C=c1/c(C2(C)CC2)c[nH]/c1=C/C=C/CC. The first-order chi connectivity index (χ1) is 7.71. The summed E-state index contributed by atoms with van der Waals surface area (Å²) in [6.07, 6.45) is 14.7. The summed E-state index contributed by atoms with van der Waals surface area (Å²) in [6, 6.07) is 0. The van der Waals surface area contributed by atoms with E-state index in [1.165, 1.54) is 29.0 Å². The lowest BCUT2D eigenvalue weighted by molar-refractivity contribution is 0.783. The minimum Gasteiger partial charge on any atom is -0.361 e. The van der Waals surface area contributed by atoms with Gasteiger partial charge in [0.15, 0.2) is 0 Å². The zero-order valence-electron chi connectivity index (χ0n) is 10.5. The third-order valence-electron chi connectivity index (χ3n) is 3.53. The molecule has 0 aromatic carbocycles. The van der Waals surface area contributed by atoms with Crippen molar-refractivity contribution < 1.29 is 0 Å². The van der Waals surface area contributed by atoms with Crippen molar-refractivity contribution in [3.8, 4) is 0 Å². The van der Waals surface area contributed by atoms with Crippen molar-refractivity contribution in [2.24, 2.45) is 0 Å². The molecule has 1 nitrogen and oxygen atoms in total. The first kappa shape index (κ1) is 11.3. The van der Waals surface area contributed by atoms with Gasteiger partial charge < -0.3 is 4.98 Å². The smallest absolute Gasteiger partial charge is 0.0453 e. The molecule has 86 valence electrons. The highest BCUT2D eigenvalue weighted by atomic mass is 14.7. The average molecular weight is 215 g/mol. The molecule has 1 saturated carbocycles. The highest BCUT2D eigenvalue weighted by molar-refractivity contribution is 5.42. The largest absolute Gasteiger partial charge is 0.361 e. The third-order valence-corrected chi connectivity index (χ3v) is 3.53. The lowest BCUT2D eigenvalue weighted by Crippen LogP contribution is -2.27. The fourth-order valence-corrected chi connectivity index (χ4v) is 2.16. The molecule has 0 atom stereocenters. The summed E-state index contributed by atoms with van der Waals surface area (Å²) in [6.45, 7) is 6.64. The van der Waals surface area contributed by atoms with Gasteiger partial charge in [-0.3, -0.25) is 0 Å². The molecule has 0 unspecified atom stereocenters. The van der Waals surface area contributed by atoms with Gasteiger partial charge in [0.05, 0.1) is 0 Å². The Bertz CT molecular complexity index is 498. The van der Waals surface area contributed by atoms with E-state index < -0.39 is 0 Å². The van der Waals surface area contributed by atoms with Crippen molar-refractivity contribution in [1.29, 1.82) is 0 Å². The number of nitrogens with one attached hydrogen (secondary N) is 1. The van der Waals surface area contributed by atoms with Gasteiger partial charge in [0.2, 0.25) is 0 Å². The molecule has 0 saturated heterocycles. The number of allylic oxidation sites excluding steroid dienone is 2. The van der Waals surface area contributed by atoms with E-state index in [-0.39, 0.29) is 0 Å². The van der Waals surface area contributed by atoms with Crippen molar-refractivity contribution in [3.05, 3.63) is 34.5 Å². The molecule has 0 bridgehead atoms. The molecule has 1 aliphatic rings. The van der Waals surface area contributed by atoms with Crippen molar-refractivity contribution >= 4 is 12.2 Å². The first-order valence-electron chi connectivity index (χ1n) is 6.22. The minimum absolute atomic E-state index is 0.443. The summed E-state index contributed by atoms with van der Waals surface area (Å²) in [4.78, 5) is 3.39. The van der Waals surface area contributed by atoms with Crippen LogP contribution in [0.3, 0.4) is 0 Å². The number of hydrogen-bond acceptors (Lipinski definition) is 0. The van der Waals surface area contributed by atoms with Gasteiger partial charge in [-0.05, 0) is 48.5 Å². The number of H-pyrrole nitrogens is 1. The van der Waals surface area contributed by atoms with Crippen LogP contribution in [0.25, 0.3) is 12.2 Å². The van der Waals surface area contributed by atoms with Gasteiger partial charge in [-0.25, -0.2) is 0 Å². The van der Waals surface area contributed by atoms with E-state index >= 15 is 0 Å². The molecule has 1 aromatic heterocycles. The van der Waals surface area contributed by atoms with Crippen LogP contribution in [0.5, 0.6) is 0 Å². The molecule has 1 heteroatoms.